The summed E-state index contributed by atoms with van der Waals surface area (Å²) in [7, 11) is 0. The van der Waals surface area contributed by atoms with Crippen molar-refractivity contribution in [1.82, 2.24) is 0 Å². The van der Waals surface area contributed by atoms with E-state index in [0.29, 0.717) is 18.8 Å². The minimum Gasteiger partial charge on any atom is -0.261 e. The van der Waals surface area contributed by atoms with Gasteiger partial charge in [-0.3, -0.25) is 4.99 Å². The maximum atomic E-state index is 9.63. The molecule has 0 aliphatic heterocycles. The molecule has 4 aliphatic rings. The number of aliphatic imine (C=N–C) groups is 2. The molecule has 0 radical (unpaired) electrons. The summed E-state index contributed by atoms with van der Waals surface area (Å²) in [4.78, 5) is 10.2. The molecule has 2 unspecified atom stereocenters. The van der Waals surface area contributed by atoms with Gasteiger partial charge in [-0.05, 0) is 128 Å². The first-order chi connectivity index (χ1) is 31.0. The van der Waals surface area contributed by atoms with E-state index in [1.807, 2.05) is 55.5 Å². The van der Waals surface area contributed by atoms with Crippen LogP contribution in [0.1, 0.15) is 75.4 Å². The molecule has 0 N–H and O–H groups in total. The number of amidine groups is 1. The fourth-order valence-corrected chi connectivity index (χ4v) is 9.77. The largest absolute Gasteiger partial charge is 0.261 e. The molecule has 0 amide bonds. The van der Waals surface area contributed by atoms with E-state index in [2.05, 4.69) is 164 Å². The Hall–Kier alpha value is -7.85. The van der Waals surface area contributed by atoms with Gasteiger partial charge in [-0.25, -0.2) is 4.99 Å². The van der Waals surface area contributed by atoms with Gasteiger partial charge in [0.05, 0.1) is 23.9 Å². The van der Waals surface area contributed by atoms with Gasteiger partial charge >= 0.3 is 0 Å². The molecule has 4 aliphatic carbocycles. The van der Waals surface area contributed by atoms with E-state index in [4.69, 9.17) is 9.98 Å². The molecular formula is C60H45N3. The average Bonchev–Trinajstić information content (AvgIpc) is 3.45. The number of rotatable bonds is 8. The smallest absolute Gasteiger partial charge is 0.155 e. The third-order valence-electron chi connectivity index (χ3n) is 12.8. The molecule has 0 bridgehead atoms. The van der Waals surface area contributed by atoms with Crippen LogP contribution in [0.15, 0.2) is 204 Å². The molecule has 10 rings (SSSR count). The van der Waals surface area contributed by atoms with E-state index in [9.17, 15) is 5.26 Å². The number of hydrogen-bond acceptors (Lipinski definition) is 2. The lowest BCUT2D eigenvalue weighted by atomic mass is 9.60. The van der Waals surface area contributed by atoms with E-state index in [1.54, 1.807) is 0 Å². The molecule has 3 heteroatoms. The Balaban J connectivity index is 1.12. The number of fused-ring (bicyclic) bond motifs is 9. The van der Waals surface area contributed by atoms with Crippen LogP contribution < -0.4 is 0 Å². The minimum atomic E-state index is -0.567. The lowest BCUT2D eigenvalue weighted by molar-refractivity contribution is 0.721. The van der Waals surface area contributed by atoms with Gasteiger partial charge in [-0.15, -0.1) is 0 Å². The number of allylic oxidation sites excluding steroid dienone is 10. The van der Waals surface area contributed by atoms with Crippen molar-refractivity contribution in [3.63, 3.8) is 0 Å². The van der Waals surface area contributed by atoms with Crippen molar-refractivity contribution in [2.24, 2.45) is 15.9 Å². The van der Waals surface area contributed by atoms with Crippen LogP contribution >= 0.6 is 0 Å². The summed E-state index contributed by atoms with van der Waals surface area (Å²) in [6.45, 7) is 6.57. The zero-order chi connectivity index (χ0) is 42.8. The van der Waals surface area contributed by atoms with Crippen LogP contribution in [0.5, 0.6) is 0 Å². The third kappa shape index (κ3) is 7.19. The average molecular weight is 808 g/mol. The van der Waals surface area contributed by atoms with Gasteiger partial charge in [0.25, 0.3) is 0 Å². The molecule has 0 saturated carbocycles. The third-order valence-corrected chi connectivity index (χ3v) is 12.8. The second-order valence-electron chi connectivity index (χ2n) is 16.5. The first-order valence-electron chi connectivity index (χ1n) is 21.7. The Kier molecular flexibility index (Phi) is 10.5. The van der Waals surface area contributed by atoms with Crippen molar-refractivity contribution in [3.05, 3.63) is 250 Å². The van der Waals surface area contributed by atoms with Crippen molar-refractivity contribution in [2.75, 3.05) is 0 Å². The van der Waals surface area contributed by atoms with Crippen molar-refractivity contribution in [1.29, 1.82) is 5.26 Å². The standard InChI is InChI=1S/C60H45N3/c1-3-4-17-47-21-14-23-56-54(47)36-51-20-12-13-22-55(51)60(56)57-37-49(45-26-24-42(39-61)25-27-45)32-34-52(57)53-35-33-50(38-58(53)60)46-28-30-48(31-29-46)59(62-40-43-15-8-7-9-16-43)63-41(2)44-18-10-5-6-11-19-44/h3-4,7-10,12-24,26-35,37-38,42H,1,11,25,36,40H2,2H3/b17-4-,62-59?,63-41?. The van der Waals surface area contributed by atoms with Crippen LogP contribution in [0.3, 0.4) is 0 Å². The van der Waals surface area contributed by atoms with Crippen LogP contribution in [0.2, 0.25) is 0 Å². The second kappa shape index (κ2) is 16.9. The van der Waals surface area contributed by atoms with Crippen LogP contribution in [-0.4, -0.2) is 11.5 Å². The monoisotopic (exact) mass is 807 g/mol. The fourth-order valence-electron chi connectivity index (χ4n) is 9.77. The van der Waals surface area contributed by atoms with Gasteiger partial charge in [0, 0.05) is 17.7 Å². The van der Waals surface area contributed by atoms with E-state index >= 15 is 0 Å². The predicted molar refractivity (Wildman–Crippen MR) is 261 cm³/mol. The van der Waals surface area contributed by atoms with Crippen molar-refractivity contribution in [2.45, 2.75) is 38.1 Å². The number of nitrogens with zero attached hydrogens (tertiary/aromatic N) is 3. The van der Waals surface area contributed by atoms with Gasteiger partial charge in [0.2, 0.25) is 0 Å². The summed E-state index contributed by atoms with van der Waals surface area (Å²) in [5.41, 5.74) is 19.7. The van der Waals surface area contributed by atoms with Gasteiger partial charge in [-0.2, -0.15) is 5.26 Å². The first kappa shape index (κ1) is 39.3. The van der Waals surface area contributed by atoms with Crippen LogP contribution in [-0.2, 0) is 18.4 Å². The van der Waals surface area contributed by atoms with Gasteiger partial charge < -0.3 is 0 Å². The molecule has 0 aromatic heterocycles. The quantitative estimate of drug-likeness (QED) is 0.0653. The summed E-state index contributed by atoms with van der Waals surface area (Å²) >= 11 is 0. The Morgan fingerprint density at radius 3 is 2.32 bits per heavy atom. The summed E-state index contributed by atoms with van der Waals surface area (Å²) in [6, 6.07) is 51.4. The Morgan fingerprint density at radius 2 is 1.54 bits per heavy atom. The van der Waals surface area contributed by atoms with Crippen LogP contribution in [0, 0.1) is 29.1 Å². The zero-order valence-corrected chi connectivity index (χ0v) is 35.4. The zero-order valence-electron chi connectivity index (χ0n) is 35.4. The van der Waals surface area contributed by atoms with E-state index in [-0.39, 0.29) is 5.92 Å². The second-order valence-corrected chi connectivity index (χ2v) is 16.5. The predicted octanol–water partition coefficient (Wildman–Crippen LogP) is 13.6. The molecule has 3 nitrogen and oxygen atoms in total. The molecule has 0 saturated heterocycles. The van der Waals surface area contributed by atoms with Crippen molar-refractivity contribution >= 4 is 23.2 Å². The molecule has 300 valence electrons. The summed E-state index contributed by atoms with van der Waals surface area (Å²) in [5.74, 6) is 6.83. The van der Waals surface area contributed by atoms with Gasteiger partial charge in [0.1, 0.15) is 0 Å². The Morgan fingerprint density at radius 1 is 0.794 bits per heavy atom. The molecule has 0 heterocycles. The number of benzene rings is 6. The highest BCUT2D eigenvalue weighted by Gasteiger charge is 2.50. The summed E-state index contributed by atoms with van der Waals surface area (Å²) in [6.07, 6.45) is 20.8. The molecule has 6 aromatic rings. The number of hydrogen-bond donors (Lipinski definition) is 0. The minimum absolute atomic E-state index is 0.0906. The molecule has 0 fully saturated rings. The van der Waals surface area contributed by atoms with Crippen LogP contribution in [0.25, 0.3) is 33.9 Å². The lowest BCUT2D eigenvalue weighted by Crippen LogP contribution is -2.34. The summed E-state index contributed by atoms with van der Waals surface area (Å²) < 4.78 is 0. The van der Waals surface area contributed by atoms with E-state index < -0.39 is 5.41 Å². The van der Waals surface area contributed by atoms with Crippen LogP contribution in [0.4, 0.5) is 0 Å². The first-order valence-corrected chi connectivity index (χ1v) is 21.7. The highest BCUT2D eigenvalue weighted by atomic mass is 14.9. The lowest BCUT2D eigenvalue weighted by Gasteiger charge is -2.41. The molecule has 2 atom stereocenters. The highest BCUT2D eigenvalue weighted by Crippen LogP contribution is 2.60. The molecule has 1 spiro atoms. The topological polar surface area (TPSA) is 48.5 Å². The maximum Gasteiger partial charge on any atom is 0.155 e. The SMILES string of the molecule is C=C/C=C\c1cccc2c1Cc1ccccc1C21c2cc(C3=CCC(C#N)C=C3)ccc2-c2ccc(-c3ccc(C(N=C(C)C4=CCC#CC=C4)=NCc4ccccc4)cc3)cc21. The van der Waals surface area contributed by atoms with Crippen molar-refractivity contribution < 1.29 is 0 Å². The van der Waals surface area contributed by atoms with E-state index in [1.165, 1.54) is 55.6 Å². The Labute approximate surface area is 370 Å². The summed E-state index contributed by atoms with van der Waals surface area (Å²) in [5, 5.41) is 9.63. The number of nitriles is 1. The van der Waals surface area contributed by atoms with Gasteiger partial charge in [-0.1, -0.05) is 182 Å². The normalized spacial score (nSPS) is 18.3. The maximum absolute atomic E-state index is 9.63. The molecule has 63 heavy (non-hydrogen) atoms. The van der Waals surface area contributed by atoms with E-state index in [0.717, 1.165) is 52.0 Å². The van der Waals surface area contributed by atoms with Gasteiger partial charge in [0.15, 0.2) is 5.84 Å². The highest BCUT2D eigenvalue weighted by molar-refractivity contribution is 6.12. The Bertz CT molecular complexity index is 3150. The fraction of sp³-hybridized carbons (Fsp3) is 0.117. The van der Waals surface area contributed by atoms with Crippen molar-refractivity contribution in [3.8, 4) is 40.2 Å². The molecular weight excluding hydrogens is 763 g/mol. The molecule has 6 aromatic carbocycles.